The summed E-state index contributed by atoms with van der Waals surface area (Å²) in [6.07, 6.45) is -2.94. The number of hydrogen-bond acceptors (Lipinski definition) is 4. The highest BCUT2D eigenvalue weighted by molar-refractivity contribution is 6.31. The van der Waals surface area contributed by atoms with Crippen LogP contribution in [0.2, 0.25) is 5.02 Å². The van der Waals surface area contributed by atoms with Crippen molar-refractivity contribution in [3.63, 3.8) is 0 Å². The van der Waals surface area contributed by atoms with E-state index in [1.165, 1.54) is 19.2 Å². The molecule has 2 aromatic rings. The molecule has 26 heavy (non-hydrogen) atoms. The van der Waals surface area contributed by atoms with Crippen molar-refractivity contribution in [2.45, 2.75) is 33.3 Å². The highest BCUT2D eigenvalue weighted by Crippen LogP contribution is 2.34. The van der Waals surface area contributed by atoms with E-state index >= 15 is 0 Å². The van der Waals surface area contributed by atoms with Gasteiger partial charge in [0.15, 0.2) is 0 Å². The molecule has 140 valence electrons. The molecule has 0 fully saturated rings. The molecule has 0 aliphatic carbocycles. The molecule has 4 nitrogen and oxygen atoms in total. The maximum atomic E-state index is 13.4. The lowest BCUT2D eigenvalue weighted by atomic mass is 10.0. The van der Waals surface area contributed by atoms with Crippen LogP contribution in [0.5, 0.6) is 11.5 Å². The molecule has 2 aromatic carbocycles. The van der Waals surface area contributed by atoms with E-state index in [0.717, 1.165) is 11.1 Å². The summed E-state index contributed by atoms with van der Waals surface area (Å²) in [4.78, 5) is 11.4. The Kier molecular flexibility index (Phi) is 6.80. The van der Waals surface area contributed by atoms with Crippen LogP contribution >= 0.6 is 11.6 Å². The number of rotatable bonds is 6. The summed E-state index contributed by atoms with van der Waals surface area (Å²) in [6.45, 7) is 3.59. The zero-order chi connectivity index (χ0) is 19.3. The van der Waals surface area contributed by atoms with Gasteiger partial charge in [-0.15, -0.1) is 0 Å². The highest BCUT2D eigenvalue weighted by Gasteiger charge is 2.19. The fraction of sp³-hybridized carbons (Fsp3) is 0.316. The van der Waals surface area contributed by atoms with E-state index in [1.54, 1.807) is 18.2 Å². The summed E-state index contributed by atoms with van der Waals surface area (Å²) in [5, 5.41) is 0.284. The number of benzene rings is 2. The third-order valence-electron chi connectivity index (χ3n) is 3.89. The van der Waals surface area contributed by atoms with E-state index in [0.29, 0.717) is 12.0 Å². The molecule has 0 bridgehead atoms. The van der Waals surface area contributed by atoms with Crippen LogP contribution < -0.4 is 9.47 Å². The smallest absolute Gasteiger partial charge is 0.488 e. The second-order valence-electron chi connectivity index (χ2n) is 5.53. The van der Waals surface area contributed by atoms with Crippen molar-refractivity contribution in [3.05, 3.63) is 57.6 Å². The lowest BCUT2D eigenvalue weighted by molar-refractivity contribution is 0.120. The van der Waals surface area contributed by atoms with Crippen molar-refractivity contribution in [3.8, 4) is 11.5 Å². The van der Waals surface area contributed by atoms with Crippen LogP contribution in [-0.2, 0) is 17.8 Å². The average molecular weight is 385 g/mol. The van der Waals surface area contributed by atoms with Crippen molar-refractivity contribution >= 4 is 17.8 Å². The topological polar surface area (TPSA) is 44.8 Å². The number of halogens is 3. The molecular weight excluding hydrogens is 366 g/mol. The van der Waals surface area contributed by atoms with Gasteiger partial charge in [0.2, 0.25) is 0 Å². The molecule has 0 saturated heterocycles. The van der Waals surface area contributed by atoms with Crippen molar-refractivity contribution in [1.29, 1.82) is 0 Å². The van der Waals surface area contributed by atoms with Crippen LogP contribution in [0.15, 0.2) is 30.3 Å². The van der Waals surface area contributed by atoms with Gasteiger partial charge in [-0.3, -0.25) is 0 Å². The maximum absolute atomic E-state index is 13.4. The lowest BCUT2D eigenvalue weighted by Gasteiger charge is -2.16. The number of aryl methyl sites for hydroxylation is 2. The number of ether oxygens (including phenoxy) is 3. The summed E-state index contributed by atoms with van der Waals surface area (Å²) in [5.41, 5.74) is 1.86. The highest BCUT2D eigenvalue weighted by atomic mass is 35.5. The molecule has 0 unspecified atom stereocenters. The van der Waals surface area contributed by atoms with Crippen molar-refractivity contribution in [2.24, 2.45) is 0 Å². The molecule has 0 spiro atoms. The minimum absolute atomic E-state index is 0.0682. The van der Waals surface area contributed by atoms with Gasteiger partial charge in [0.1, 0.15) is 18.1 Å². The molecule has 0 aliphatic rings. The quantitative estimate of drug-likeness (QED) is 0.461. The summed E-state index contributed by atoms with van der Waals surface area (Å²) in [6, 6.07) is 7.73. The second kappa shape index (κ2) is 8.85. The molecule has 7 heteroatoms. The van der Waals surface area contributed by atoms with Crippen LogP contribution in [0.4, 0.5) is 13.6 Å². The van der Waals surface area contributed by atoms with Gasteiger partial charge in [-0.25, -0.2) is 13.6 Å². The Labute approximate surface area is 155 Å². The largest absolute Gasteiger partial charge is 0.513 e. The van der Waals surface area contributed by atoms with Crippen LogP contribution in [0.25, 0.3) is 0 Å². The Morgan fingerprint density at radius 2 is 1.96 bits per heavy atom. The first-order valence-corrected chi connectivity index (χ1v) is 8.32. The fourth-order valence-electron chi connectivity index (χ4n) is 2.48. The van der Waals surface area contributed by atoms with Crippen LogP contribution in [0.3, 0.4) is 0 Å². The zero-order valence-corrected chi connectivity index (χ0v) is 15.4. The summed E-state index contributed by atoms with van der Waals surface area (Å²) < 4.78 is 41.9. The van der Waals surface area contributed by atoms with E-state index in [1.807, 2.05) is 13.8 Å². The van der Waals surface area contributed by atoms with Gasteiger partial charge < -0.3 is 14.2 Å². The Bertz CT molecular complexity index is 793. The van der Waals surface area contributed by atoms with Crippen LogP contribution in [-0.4, -0.2) is 13.3 Å². The number of carbonyl (C=O) groups excluding carboxylic acids is 1. The first-order valence-electron chi connectivity index (χ1n) is 7.94. The molecule has 0 amide bonds. The van der Waals surface area contributed by atoms with Gasteiger partial charge in [-0.1, -0.05) is 24.6 Å². The molecule has 0 aliphatic heterocycles. The predicted molar refractivity (Wildman–Crippen MR) is 94.3 cm³/mol. The molecule has 0 radical (unpaired) electrons. The number of carbonyl (C=O) groups is 1. The molecular formula is C19H19ClF2O4. The number of methoxy groups -OCH3 is 1. The van der Waals surface area contributed by atoms with Crippen molar-refractivity contribution < 1.29 is 27.8 Å². The molecule has 2 rings (SSSR count). The van der Waals surface area contributed by atoms with Gasteiger partial charge >= 0.3 is 6.16 Å². The minimum atomic E-state index is -2.67. The minimum Gasteiger partial charge on any atom is -0.488 e. The van der Waals surface area contributed by atoms with Gasteiger partial charge in [0, 0.05) is 0 Å². The van der Waals surface area contributed by atoms with E-state index in [4.69, 9.17) is 21.1 Å². The van der Waals surface area contributed by atoms with Crippen LogP contribution in [0.1, 0.15) is 35.6 Å². The Morgan fingerprint density at radius 3 is 2.58 bits per heavy atom. The summed E-state index contributed by atoms with van der Waals surface area (Å²) in [5.74, 6) is 0.212. The van der Waals surface area contributed by atoms with E-state index in [2.05, 4.69) is 4.74 Å². The van der Waals surface area contributed by atoms with Gasteiger partial charge in [0.25, 0.3) is 6.43 Å². The van der Waals surface area contributed by atoms with Gasteiger partial charge in [0.05, 0.1) is 23.3 Å². The molecule has 0 saturated carbocycles. The SMILES string of the molecule is CCc1cc(C(F)F)c(OCc2c(Cl)cccc2OC(=O)OC)cc1C. The Hall–Kier alpha value is -2.34. The molecule has 0 N–H and O–H groups in total. The van der Waals surface area contributed by atoms with Gasteiger partial charge in [-0.05, 0) is 48.7 Å². The first-order chi connectivity index (χ1) is 12.4. The van der Waals surface area contributed by atoms with Crippen LogP contribution in [0, 0.1) is 6.92 Å². The van der Waals surface area contributed by atoms with Crippen molar-refractivity contribution in [2.75, 3.05) is 7.11 Å². The monoisotopic (exact) mass is 384 g/mol. The third-order valence-corrected chi connectivity index (χ3v) is 4.25. The van der Waals surface area contributed by atoms with E-state index in [9.17, 15) is 13.6 Å². The Balaban J connectivity index is 2.32. The zero-order valence-electron chi connectivity index (χ0n) is 14.6. The summed E-state index contributed by atoms with van der Waals surface area (Å²) in [7, 11) is 1.18. The van der Waals surface area contributed by atoms with Gasteiger partial charge in [-0.2, -0.15) is 0 Å². The predicted octanol–water partition coefficient (Wildman–Crippen LogP) is 5.87. The maximum Gasteiger partial charge on any atom is 0.513 e. The molecule has 0 heterocycles. The van der Waals surface area contributed by atoms with E-state index in [-0.39, 0.29) is 28.7 Å². The van der Waals surface area contributed by atoms with Crippen molar-refractivity contribution in [1.82, 2.24) is 0 Å². The summed E-state index contributed by atoms with van der Waals surface area (Å²) >= 11 is 6.14. The lowest BCUT2D eigenvalue weighted by Crippen LogP contribution is -2.10. The molecule has 0 aromatic heterocycles. The third kappa shape index (κ3) is 4.64. The van der Waals surface area contributed by atoms with E-state index < -0.39 is 12.6 Å². The number of hydrogen-bond donors (Lipinski definition) is 0. The fourth-order valence-corrected chi connectivity index (χ4v) is 2.70. The number of alkyl halides is 2. The molecule has 0 atom stereocenters. The standard InChI is InChI=1S/C19H19ClF2O4/c1-4-12-9-13(18(21)22)17(8-11(12)2)25-10-14-15(20)6-5-7-16(14)26-19(23)24-3/h5-9,18H,4,10H2,1-3H3. The first kappa shape index (κ1) is 20.0. The second-order valence-corrected chi connectivity index (χ2v) is 5.94. The average Bonchev–Trinajstić information content (AvgIpc) is 2.60. The Morgan fingerprint density at radius 1 is 1.23 bits per heavy atom. The normalized spacial score (nSPS) is 10.7.